The van der Waals surface area contributed by atoms with Gasteiger partial charge in [0.1, 0.15) is 0 Å². The van der Waals surface area contributed by atoms with Crippen LogP contribution in [0.3, 0.4) is 0 Å². The van der Waals surface area contributed by atoms with Gasteiger partial charge in [-0.05, 0) is 31.4 Å². The molecule has 4 heteroatoms. The van der Waals surface area contributed by atoms with E-state index in [2.05, 4.69) is 11.6 Å². The second-order valence-electron chi connectivity index (χ2n) is 3.35. The van der Waals surface area contributed by atoms with Crippen LogP contribution in [0, 0.1) is 0 Å². The van der Waals surface area contributed by atoms with Gasteiger partial charge >= 0.3 is 5.97 Å². The maximum absolute atomic E-state index is 10.1. The molecule has 15 heavy (non-hydrogen) atoms. The summed E-state index contributed by atoms with van der Waals surface area (Å²) in [5, 5.41) is 11.5. The molecule has 0 aliphatic carbocycles. The molecule has 0 fully saturated rings. The molecule has 0 amide bonds. The second-order valence-corrected chi connectivity index (χ2v) is 4.34. The summed E-state index contributed by atoms with van der Waals surface area (Å²) >= 11 is 1.90. The Hall–Kier alpha value is -0.480. The molecule has 0 radical (unpaired) electrons. The molecule has 0 spiro atoms. The van der Waals surface area contributed by atoms with E-state index >= 15 is 0 Å². The Labute approximate surface area is 96.3 Å². The fourth-order valence-electron chi connectivity index (χ4n) is 1.20. The van der Waals surface area contributed by atoms with E-state index in [1.165, 1.54) is 37.5 Å². The van der Waals surface area contributed by atoms with E-state index in [1.54, 1.807) is 6.08 Å². The highest BCUT2D eigenvalue weighted by Gasteiger charge is 1.89. The Balaban J connectivity index is 3.02. The highest BCUT2D eigenvalue weighted by atomic mass is 32.2. The highest BCUT2D eigenvalue weighted by Crippen LogP contribution is 2.03. The van der Waals surface area contributed by atoms with Crippen molar-refractivity contribution in [3.8, 4) is 0 Å². The number of hydrogen-bond donors (Lipinski definition) is 2. The summed E-state index contributed by atoms with van der Waals surface area (Å²) in [7, 11) is 0. The Morgan fingerprint density at radius 3 is 2.73 bits per heavy atom. The van der Waals surface area contributed by atoms with Crippen molar-refractivity contribution in [2.45, 2.75) is 25.7 Å². The number of rotatable bonds is 10. The maximum atomic E-state index is 10.1. The van der Waals surface area contributed by atoms with Gasteiger partial charge in [-0.1, -0.05) is 18.9 Å². The first-order valence-electron chi connectivity index (χ1n) is 5.36. The largest absolute Gasteiger partial charge is 0.478 e. The molecule has 2 N–H and O–H groups in total. The van der Waals surface area contributed by atoms with Crippen LogP contribution in [-0.4, -0.2) is 36.2 Å². The lowest BCUT2D eigenvalue weighted by Crippen LogP contribution is -2.15. The zero-order chi connectivity index (χ0) is 11.4. The van der Waals surface area contributed by atoms with Crippen molar-refractivity contribution in [2.24, 2.45) is 0 Å². The Kier molecular flexibility index (Phi) is 11.2. The normalized spacial score (nSPS) is 11.0. The number of aliphatic carboxylic acids is 1. The lowest BCUT2D eigenvalue weighted by Gasteiger charge is -2.01. The van der Waals surface area contributed by atoms with Gasteiger partial charge in [-0.3, -0.25) is 0 Å². The van der Waals surface area contributed by atoms with Crippen molar-refractivity contribution in [3.05, 3.63) is 12.2 Å². The zero-order valence-electron chi connectivity index (χ0n) is 9.37. The molecule has 0 atom stereocenters. The summed E-state index contributed by atoms with van der Waals surface area (Å²) in [6, 6.07) is 0. The van der Waals surface area contributed by atoms with Gasteiger partial charge < -0.3 is 10.4 Å². The van der Waals surface area contributed by atoms with E-state index in [4.69, 9.17) is 5.11 Å². The third-order valence-corrected chi connectivity index (χ3v) is 2.67. The van der Waals surface area contributed by atoms with E-state index in [-0.39, 0.29) is 0 Å². The molecule has 3 nitrogen and oxygen atoms in total. The number of carbonyl (C=O) groups is 1. The Bertz CT molecular complexity index is 183. The minimum atomic E-state index is -0.881. The molecular formula is C11H21NO2S. The topological polar surface area (TPSA) is 49.3 Å². The predicted octanol–water partition coefficient (Wildman–Crippen LogP) is 2.14. The summed E-state index contributed by atoms with van der Waals surface area (Å²) in [5.74, 6) is 0.378. The van der Waals surface area contributed by atoms with E-state index in [1.807, 2.05) is 11.8 Å². The molecular weight excluding hydrogens is 210 g/mol. The summed E-state index contributed by atoms with van der Waals surface area (Å²) in [5.41, 5.74) is 0. The summed E-state index contributed by atoms with van der Waals surface area (Å²) in [6.07, 6.45) is 9.98. The average Bonchev–Trinajstić information content (AvgIpc) is 2.20. The van der Waals surface area contributed by atoms with Crippen molar-refractivity contribution >= 4 is 17.7 Å². The SMILES string of the molecule is CSCCCCCCNC/C=C/C(=O)O. The highest BCUT2D eigenvalue weighted by molar-refractivity contribution is 7.98. The van der Waals surface area contributed by atoms with Gasteiger partial charge in [0.2, 0.25) is 0 Å². The van der Waals surface area contributed by atoms with Crippen LogP contribution in [0.4, 0.5) is 0 Å². The van der Waals surface area contributed by atoms with E-state index in [0.29, 0.717) is 6.54 Å². The van der Waals surface area contributed by atoms with Crippen LogP contribution >= 0.6 is 11.8 Å². The molecule has 0 unspecified atom stereocenters. The Morgan fingerprint density at radius 1 is 1.33 bits per heavy atom. The van der Waals surface area contributed by atoms with Crippen LogP contribution in [0.25, 0.3) is 0 Å². The van der Waals surface area contributed by atoms with Crippen LogP contribution in [0.15, 0.2) is 12.2 Å². The average molecular weight is 231 g/mol. The van der Waals surface area contributed by atoms with Gasteiger partial charge in [0.05, 0.1) is 0 Å². The molecule has 0 aromatic carbocycles. The minimum Gasteiger partial charge on any atom is -0.478 e. The standard InChI is InChI=1S/C11H21NO2S/c1-15-10-5-3-2-4-8-12-9-6-7-11(13)14/h6-7,12H,2-5,8-10H2,1H3,(H,13,14)/b7-6+. The number of carboxylic acids is 1. The fourth-order valence-corrected chi connectivity index (χ4v) is 1.69. The minimum absolute atomic E-state index is 0.650. The van der Waals surface area contributed by atoms with Crippen molar-refractivity contribution < 1.29 is 9.90 Å². The van der Waals surface area contributed by atoms with Crippen molar-refractivity contribution in [1.82, 2.24) is 5.32 Å². The van der Waals surface area contributed by atoms with Gasteiger partial charge in [-0.25, -0.2) is 4.79 Å². The van der Waals surface area contributed by atoms with Crippen molar-refractivity contribution in [2.75, 3.05) is 25.1 Å². The van der Waals surface area contributed by atoms with E-state index in [9.17, 15) is 4.79 Å². The predicted molar refractivity (Wildman–Crippen MR) is 66.5 cm³/mol. The molecule has 0 saturated carbocycles. The van der Waals surface area contributed by atoms with E-state index < -0.39 is 5.97 Å². The van der Waals surface area contributed by atoms with Crippen LogP contribution in [-0.2, 0) is 4.79 Å². The summed E-state index contributed by atoms with van der Waals surface area (Å²) in [6.45, 7) is 1.63. The molecule has 0 heterocycles. The third kappa shape index (κ3) is 13.5. The molecule has 0 bridgehead atoms. The number of unbranched alkanes of at least 4 members (excludes halogenated alkanes) is 3. The second kappa shape index (κ2) is 11.6. The quantitative estimate of drug-likeness (QED) is 0.447. The van der Waals surface area contributed by atoms with Crippen LogP contribution in [0.5, 0.6) is 0 Å². The van der Waals surface area contributed by atoms with Gasteiger partial charge in [0.25, 0.3) is 0 Å². The monoisotopic (exact) mass is 231 g/mol. The van der Waals surface area contributed by atoms with Gasteiger partial charge in [-0.2, -0.15) is 11.8 Å². The number of thioether (sulfide) groups is 1. The zero-order valence-corrected chi connectivity index (χ0v) is 10.2. The van der Waals surface area contributed by atoms with Crippen molar-refractivity contribution in [1.29, 1.82) is 0 Å². The third-order valence-electron chi connectivity index (χ3n) is 1.97. The fraction of sp³-hybridized carbons (Fsp3) is 0.727. The number of carboxylic acid groups (broad SMARTS) is 1. The molecule has 0 aliphatic heterocycles. The van der Waals surface area contributed by atoms with Gasteiger partial charge in [0.15, 0.2) is 0 Å². The lowest BCUT2D eigenvalue weighted by atomic mass is 10.2. The first-order chi connectivity index (χ1) is 7.27. The molecule has 0 aromatic rings. The number of hydrogen-bond acceptors (Lipinski definition) is 3. The summed E-state index contributed by atoms with van der Waals surface area (Å²) in [4.78, 5) is 10.1. The molecule has 88 valence electrons. The van der Waals surface area contributed by atoms with Crippen molar-refractivity contribution in [3.63, 3.8) is 0 Å². The first kappa shape index (κ1) is 14.5. The molecule has 0 aliphatic rings. The lowest BCUT2D eigenvalue weighted by molar-refractivity contribution is -0.131. The van der Waals surface area contributed by atoms with Crippen LogP contribution in [0.2, 0.25) is 0 Å². The van der Waals surface area contributed by atoms with Gasteiger partial charge in [0, 0.05) is 12.6 Å². The maximum Gasteiger partial charge on any atom is 0.328 e. The van der Waals surface area contributed by atoms with E-state index in [0.717, 1.165) is 6.54 Å². The first-order valence-corrected chi connectivity index (χ1v) is 6.76. The summed E-state index contributed by atoms with van der Waals surface area (Å²) < 4.78 is 0. The Morgan fingerprint density at radius 2 is 2.07 bits per heavy atom. The molecule has 0 saturated heterocycles. The van der Waals surface area contributed by atoms with Crippen LogP contribution in [0.1, 0.15) is 25.7 Å². The molecule has 0 aromatic heterocycles. The molecule has 0 rings (SSSR count). The van der Waals surface area contributed by atoms with Crippen LogP contribution < -0.4 is 5.32 Å². The van der Waals surface area contributed by atoms with Gasteiger partial charge in [-0.15, -0.1) is 0 Å². The number of nitrogens with one attached hydrogen (secondary N) is 1. The smallest absolute Gasteiger partial charge is 0.328 e.